The normalized spacial score (nSPS) is 17.0. The van der Waals surface area contributed by atoms with Crippen LogP contribution in [0.15, 0.2) is 0 Å². The first kappa shape index (κ1) is 60.0. The molecule has 0 atom stereocenters. The standard InChI is InChI=1S/4C4F9.2C2H5O.O.2Sn/c4*5-1(6)2(7,8)3(9,10)4(11,12)13;2*1-2-3;;;/h;;;;2*2H2,1H3;;;/q;;;;2*-1;;2*+1. The summed E-state index contributed by atoms with van der Waals surface area (Å²) in [5, 5.41) is 0. The van der Waals surface area contributed by atoms with Crippen molar-refractivity contribution in [3.8, 4) is 0 Å². The zero-order valence-corrected chi connectivity index (χ0v) is 33.0. The molecule has 0 saturated carbocycles. The summed E-state index contributed by atoms with van der Waals surface area (Å²) in [6.45, 7) is -9.02. The van der Waals surface area contributed by atoms with Gasteiger partial charge in [0.25, 0.3) is 0 Å². The minimum absolute atomic E-state index is 0.922. The van der Waals surface area contributed by atoms with Gasteiger partial charge in [-0.1, -0.05) is 0 Å². The van der Waals surface area contributed by atoms with E-state index in [0.717, 1.165) is 0 Å². The van der Waals surface area contributed by atoms with E-state index in [-0.39, 0.29) is 0 Å². The quantitative estimate of drug-likeness (QED) is 0.101. The van der Waals surface area contributed by atoms with Crippen LogP contribution in [-0.2, 0) is 7.56 Å². The van der Waals surface area contributed by atoms with E-state index in [0.29, 0.717) is 0 Å². The second-order valence-electron chi connectivity index (χ2n) is 11.1. The van der Waals surface area contributed by atoms with Crippen molar-refractivity contribution in [1.29, 1.82) is 0 Å². The first-order valence-corrected chi connectivity index (χ1v) is 24.0. The average molecular weight is 1220 g/mol. The van der Waals surface area contributed by atoms with Crippen LogP contribution < -0.4 is 0 Å². The molecule has 368 valence electrons. The van der Waals surface area contributed by atoms with E-state index < -0.39 is 153 Å². The minimum atomic E-state index is -13.8. The van der Waals surface area contributed by atoms with Crippen LogP contribution >= 0.6 is 0 Å². The van der Waals surface area contributed by atoms with Crippen molar-refractivity contribution in [2.45, 2.75) is 102 Å². The zero-order valence-electron chi connectivity index (χ0n) is 27.2. The van der Waals surface area contributed by atoms with Crippen molar-refractivity contribution in [2.24, 2.45) is 0 Å². The SMILES string of the molecule is CC[O][Sn]([O][Sn]([O]CC)([C](F)(F)C(F)(F)C(F)(F)C(F)(F)F)[C](F)(F)C(F)(F)C(F)(F)C(F)(F)F)([C](F)(F)C(F)(F)C(F)(F)C(F)(F)F)[C](F)(F)C(F)(F)C(F)(F)C(F)(F)F. The third kappa shape index (κ3) is 7.76. The molecule has 0 amide bonds. The Kier molecular flexibility index (Phi) is 15.5. The molecule has 0 bridgehead atoms. The van der Waals surface area contributed by atoms with Crippen LogP contribution in [0.3, 0.4) is 0 Å². The summed E-state index contributed by atoms with van der Waals surface area (Å²) in [5.74, 6) is -77.0. The summed E-state index contributed by atoms with van der Waals surface area (Å²) in [5.41, 5.74) is 0. The molecule has 0 aliphatic carbocycles. The van der Waals surface area contributed by atoms with Crippen LogP contribution in [0.25, 0.3) is 0 Å². The van der Waals surface area contributed by atoms with Crippen molar-refractivity contribution in [3.05, 3.63) is 0 Å². The van der Waals surface area contributed by atoms with Crippen LogP contribution in [-0.4, -0.2) is 139 Å². The zero-order chi connectivity index (χ0) is 50.5. The van der Waals surface area contributed by atoms with Crippen LogP contribution in [0.4, 0.5) is 158 Å². The van der Waals surface area contributed by atoms with E-state index in [2.05, 4.69) is 6.15 Å². The van der Waals surface area contributed by atoms with Crippen LogP contribution in [0, 0.1) is 0 Å². The van der Waals surface area contributed by atoms with Gasteiger partial charge in [0.15, 0.2) is 0 Å². The Morgan fingerprint density at radius 3 is 0.475 bits per heavy atom. The molecule has 0 aliphatic rings. The van der Waals surface area contributed by atoms with Crippen molar-refractivity contribution >= 4 is 38.4 Å². The molecule has 0 aromatic carbocycles. The van der Waals surface area contributed by atoms with Gasteiger partial charge in [0, 0.05) is 0 Å². The molecule has 0 heterocycles. The Labute approximate surface area is 318 Å². The van der Waals surface area contributed by atoms with Gasteiger partial charge in [-0.05, 0) is 0 Å². The third-order valence-electron chi connectivity index (χ3n) is 7.21. The van der Waals surface area contributed by atoms with E-state index in [1.807, 2.05) is 0 Å². The van der Waals surface area contributed by atoms with Gasteiger partial charge in [0.2, 0.25) is 0 Å². The third-order valence-corrected chi connectivity index (χ3v) is 36.9. The molecule has 3 nitrogen and oxygen atoms in total. The van der Waals surface area contributed by atoms with Crippen LogP contribution in [0.5, 0.6) is 0 Å². The molecule has 0 fully saturated rings. The van der Waals surface area contributed by atoms with Crippen molar-refractivity contribution < 1.29 is 166 Å². The van der Waals surface area contributed by atoms with Crippen molar-refractivity contribution in [3.63, 3.8) is 0 Å². The van der Waals surface area contributed by atoms with Crippen molar-refractivity contribution in [2.75, 3.05) is 13.2 Å². The van der Waals surface area contributed by atoms with Crippen molar-refractivity contribution in [1.82, 2.24) is 0 Å². The summed E-state index contributed by atoms with van der Waals surface area (Å²) in [7, 11) is 0. The van der Waals surface area contributed by atoms with Gasteiger partial charge in [-0.3, -0.25) is 0 Å². The summed E-state index contributed by atoms with van der Waals surface area (Å²) in [4.78, 5) is 0. The topological polar surface area (TPSA) is 27.7 Å². The molecule has 0 aromatic rings. The van der Waals surface area contributed by atoms with E-state index in [9.17, 15) is 123 Å². The van der Waals surface area contributed by atoms with Gasteiger partial charge in [0.1, 0.15) is 0 Å². The molecule has 0 saturated heterocycles. The fourth-order valence-corrected chi connectivity index (χ4v) is 39.9. The number of rotatable bonds is 18. The van der Waals surface area contributed by atoms with Crippen LogP contribution in [0.1, 0.15) is 13.8 Å². The fourth-order valence-electron chi connectivity index (χ4n) is 4.01. The summed E-state index contributed by atoms with van der Waals surface area (Å²) in [6.07, 6.45) is -35.2. The van der Waals surface area contributed by atoms with Gasteiger partial charge >= 0.3 is 319 Å². The Morgan fingerprint density at radius 1 is 0.246 bits per heavy atom. The number of halogens is 36. The first-order valence-electron chi connectivity index (χ1n) is 13.6. The maximum absolute atomic E-state index is 15.7. The molecule has 0 aromatic heterocycles. The van der Waals surface area contributed by atoms with Gasteiger partial charge in [-0.25, -0.2) is 0 Å². The van der Waals surface area contributed by atoms with Gasteiger partial charge in [0.05, 0.1) is 0 Å². The molecule has 41 heteroatoms. The molecule has 0 aliphatic heterocycles. The number of hydrogen-bond donors (Lipinski definition) is 0. The Morgan fingerprint density at radius 2 is 0.377 bits per heavy atom. The molecule has 61 heavy (non-hydrogen) atoms. The predicted octanol–water partition coefficient (Wildman–Crippen LogP) is 12.0. The summed E-state index contributed by atoms with van der Waals surface area (Å²) in [6, 6.07) is 0. The Balaban J connectivity index is 10.4. The molecule has 0 rings (SSSR count). The predicted molar refractivity (Wildman–Crippen MR) is 119 cm³/mol. The second kappa shape index (κ2) is 15.8. The molecule has 0 unspecified atom stereocenters. The molecule has 0 radical (unpaired) electrons. The second-order valence-corrected chi connectivity index (χ2v) is 31.4. The molecule has 0 N–H and O–H groups in total. The monoisotopic (exact) mass is 1220 g/mol. The molecular weight excluding hydrogens is 1210 g/mol. The van der Waals surface area contributed by atoms with E-state index in [1.54, 1.807) is 1.41 Å². The van der Waals surface area contributed by atoms with E-state index >= 15 is 35.1 Å². The Hall–Kier alpha value is -1.04. The van der Waals surface area contributed by atoms with E-state index in [1.165, 1.54) is 0 Å². The van der Waals surface area contributed by atoms with Gasteiger partial charge in [-0.2, -0.15) is 0 Å². The average Bonchev–Trinajstić information content (AvgIpc) is 3.00. The van der Waals surface area contributed by atoms with E-state index in [4.69, 9.17) is 0 Å². The first-order chi connectivity index (χ1) is 25.8. The molecular formula is C20H10F36O3Sn2. The number of alkyl halides is 36. The maximum atomic E-state index is 15.7. The fraction of sp³-hybridized carbons (Fsp3) is 1.00. The van der Waals surface area contributed by atoms with Crippen LogP contribution in [0.2, 0.25) is 0 Å². The number of hydrogen-bond acceptors (Lipinski definition) is 3. The summed E-state index contributed by atoms with van der Waals surface area (Å²) < 4.78 is 475. The van der Waals surface area contributed by atoms with Gasteiger partial charge in [-0.15, -0.1) is 0 Å². The van der Waals surface area contributed by atoms with Gasteiger partial charge < -0.3 is 0 Å². The molecule has 0 spiro atoms. The Bertz CT molecular complexity index is 1320. The summed E-state index contributed by atoms with van der Waals surface area (Å²) >= 11 is -27.6.